The lowest BCUT2D eigenvalue weighted by molar-refractivity contribution is 0.489. The Kier molecular flexibility index (Phi) is 4.06. The SMILES string of the molecule is CCCNc1ncc(C)c(Sc2nc3ccccc3o2)n1. The molecule has 1 N–H and O–H groups in total. The van der Waals surface area contributed by atoms with Crippen LogP contribution >= 0.6 is 11.8 Å². The number of oxazole rings is 1. The van der Waals surface area contributed by atoms with E-state index in [2.05, 4.69) is 27.2 Å². The first-order valence-corrected chi connectivity index (χ1v) is 7.69. The van der Waals surface area contributed by atoms with Gasteiger partial charge in [-0.05, 0) is 37.2 Å². The Balaban J connectivity index is 1.86. The number of nitrogens with zero attached hydrogens (tertiary/aromatic N) is 3. The summed E-state index contributed by atoms with van der Waals surface area (Å²) in [6, 6.07) is 7.73. The van der Waals surface area contributed by atoms with E-state index in [1.807, 2.05) is 37.4 Å². The van der Waals surface area contributed by atoms with Gasteiger partial charge < -0.3 is 9.73 Å². The van der Waals surface area contributed by atoms with Crippen LogP contribution < -0.4 is 5.32 Å². The molecule has 3 rings (SSSR count). The fraction of sp³-hybridized carbons (Fsp3) is 0.267. The maximum atomic E-state index is 5.72. The van der Waals surface area contributed by atoms with Crippen molar-refractivity contribution in [3.63, 3.8) is 0 Å². The number of para-hydroxylation sites is 2. The minimum absolute atomic E-state index is 0.597. The molecule has 2 heterocycles. The van der Waals surface area contributed by atoms with Crippen LogP contribution in [0.4, 0.5) is 5.95 Å². The summed E-state index contributed by atoms with van der Waals surface area (Å²) >= 11 is 1.42. The predicted octanol–water partition coefficient (Wildman–Crippen LogP) is 3.90. The third kappa shape index (κ3) is 3.16. The van der Waals surface area contributed by atoms with Crippen molar-refractivity contribution in [2.45, 2.75) is 30.5 Å². The van der Waals surface area contributed by atoms with Crippen molar-refractivity contribution in [1.82, 2.24) is 15.0 Å². The molecule has 0 unspecified atom stereocenters. The molecule has 5 nitrogen and oxygen atoms in total. The second-order valence-electron chi connectivity index (χ2n) is 4.66. The number of aromatic nitrogens is 3. The molecule has 0 spiro atoms. The molecule has 21 heavy (non-hydrogen) atoms. The summed E-state index contributed by atoms with van der Waals surface area (Å²) < 4.78 is 5.72. The topological polar surface area (TPSA) is 63.8 Å². The monoisotopic (exact) mass is 300 g/mol. The third-order valence-electron chi connectivity index (χ3n) is 2.92. The fourth-order valence-electron chi connectivity index (χ4n) is 1.83. The quantitative estimate of drug-likeness (QED) is 0.721. The minimum atomic E-state index is 0.597. The average molecular weight is 300 g/mol. The van der Waals surface area contributed by atoms with Crippen molar-refractivity contribution < 1.29 is 4.42 Å². The zero-order valence-electron chi connectivity index (χ0n) is 12.0. The van der Waals surface area contributed by atoms with E-state index in [0.29, 0.717) is 11.2 Å². The van der Waals surface area contributed by atoms with Crippen molar-refractivity contribution in [2.75, 3.05) is 11.9 Å². The molecule has 1 aromatic carbocycles. The van der Waals surface area contributed by atoms with Crippen LogP contribution in [0.1, 0.15) is 18.9 Å². The van der Waals surface area contributed by atoms with Gasteiger partial charge in [0.1, 0.15) is 10.5 Å². The molecule has 3 aromatic rings. The first kappa shape index (κ1) is 13.9. The first-order valence-electron chi connectivity index (χ1n) is 6.87. The molecule has 0 saturated carbocycles. The number of rotatable bonds is 5. The van der Waals surface area contributed by atoms with Crippen molar-refractivity contribution in [3.8, 4) is 0 Å². The van der Waals surface area contributed by atoms with Gasteiger partial charge in [-0.25, -0.2) is 15.0 Å². The van der Waals surface area contributed by atoms with Gasteiger partial charge in [-0.2, -0.15) is 0 Å². The summed E-state index contributed by atoms with van der Waals surface area (Å²) in [6.45, 7) is 4.94. The number of benzene rings is 1. The predicted molar refractivity (Wildman–Crippen MR) is 83.7 cm³/mol. The Labute approximate surface area is 127 Å². The highest BCUT2D eigenvalue weighted by Gasteiger charge is 2.11. The van der Waals surface area contributed by atoms with Gasteiger partial charge in [-0.15, -0.1) is 0 Å². The van der Waals surface area contributed by atoms with Crippen molar-refractivity contribution in [1.29, 1.82) is 0 Å². The van der Waals surface area contributed by atoms with Gasteiger partial charge in [0, 0.05) is 18.3 Å². The van der Waals surface area contributed by atoms with Crippen molar-refractivity contribution in [3.05, 3.63) is 36.0 Å². The van der Waals surface area contributed by atoms with Crippen LogP contribution in [-0.2, 0) is 0 Å². The summed E-state index contributed by atoms with van der Waals surface area (Å²) in [7, 11) is 0. The molecule has 0 radical (unpaired) electrons. The maximum Gasteiger partial charge on any atom is 0.263 e. The molecule has 0 aliphatic carbocycles. The Bertz CT molecular complexity index is 723. The van der Waals surface area contributed by atoms with Crippen LogP contribution in [0, 0.1) is 6.92 Å². The van der Waals surface area contributed by atoms with E-state index in [4.69, 9.17) is 4.42 Å². The molecular weight excluding hydrogens is 284 g/mol. The Hall–Kier alpha value is -2.08. The highest BCUT2D eigenvalue weighted by atomic mass is 32.2. The smallest absolute Gasteiger partial charge is 0.263 e. The highest BCUT2D eigenvalue weighted by molar-refractivity contribution is 7.99. The van der Waals surface area contributed by atoms with Gasteiger partial charge in [0.25, 0.3) is 5.22 Å². The highest BCUT2D eigenvalue weighted by Crippen LogP contribution is 2.30. The largest absolute Gasteiger partial charge is 0.431 e. The van der Waals surface area contributed by atoms with E-state index < -0.39 is 0 Å². The second kappa shape index (κ2) is 6.13. The molecule has 0 aliphatic rings. The molecule has 0 amide bonds. The van der Waals surface area contributed by atoms with E-state index in [0.717, 1.165) is 34.7 Å². The van der Waals surface area contributed by atoms with Gasteiger partial charge in [0.2, 0.25) is 5.95 Å². The van der Waals surface area contributed by atoms with Gasteiger partial charge in [0.15, 0.2) is 5.58 Å². The zero-order valence-corrected chi connectivity index (χ0v) is 12.8. The second-order valence-corrected chi connectivity index (χ2v) is 5.60. The van der Waals surface area contributed by atoms with Gasteiger partial charge in [-0.1, -0.05) is 19.1 Å². The van der Waals surface area contributed by atoms with E-state index in [-0.39, 0.29) is 0 Å². The van der Waals surface area contributed by atoms with Gasteiger partial charge in [0.05, 0.1) is 0 Å². The lowest BCUT2D eigenvalue weighted by Gasteiger charge is -2.06. The van der Waals surface area contributed by atoms with E-state index in [1.165, 1.54) is 11.8 Å². The van der Waals surface area contributed by atoms with Crippen molar-refractivity contribution >= 4 is 28.8 Å². The Morgan fingerprint density at radius 2 is 2.10 bits per heavy atom. The summed E-state index contributed by atoms with van der Waals surface area (Å²) in [5.74, 6) is 0.640. The maximum absolute atomic E-state index is 5.72. The number of nitrogens with one attached hydrogen (secondary N) is 1. The lowest BCUT2D eigenvalue weighted by atomic mass is 10.3. The molecule has 0 atom stereocenters. The summed E-state index contributed by atoms with van der Waals surface area (Å²) in [6.07, 6.45) is 2.85. The van der Waals surface area contributed by atoms with E-state index in [9.17, 15) is 0 Å². The zero-order chi connectivity index (χ0) is 14.7. The van der Waals surface area contributed by atoms with Gasteiger partial charge in [-0.3, -0.25) is 0 Å². The van der Waals surface area contributed by atoms with Crippen LogP contribution in [0.25, 0.3) is 11.1 Å². The molecule has 6 heteroatoms. The van der Waals surface area contributed by atoms with E-state index in [1.54, 1.807) is 0 Å². The van der Waals surface area contributed by atoms with Crippen LogP contribution in [0.2, 0.25) is 0 Å². The van der Waals surface area contributed by atoms with Crippen LogP contribution in [0.5, 0.6) is 0 Å². The molecule has 0 bridgehead atoms. The fourth-order valence-corrected chi connectivity index (χ4v) is 2.62. The lowest BCUT2D eigenvalue weighted by Crippen LogP contribution is -2.05. The van der Waals surface area contributed by atoms with Crippen LogP contribution in [-0.4, -0.2) is 21.5 Å². The average Bonchev–Trinajstić information content (AvgIpc) is 2.90. The number of aryl methyl sites for hydroxylation is 1. The molecule has 2 aromatic heterocycles. The van der Waals surface area contributed by atoms with Gasteiger partial charge >= 0.3 is 0 Å². The minimum Gasteiger partial charge on any atom is -0.431 e. The van der Waals surface area contributed by atoms with Crippen molar-refractivity contribution in [2.24, 2.45) is 0 Å². The standard InChI is InChI=1S/C15H16N4OS/c1-3-8-16-14-17-9-10(2)13(19-14)21-15-18-11-6-4-5-7-12(11)20-15/h4-7,9H,3,8H2,1-2H3,(H,16,17,19). The molecule has 0 fully saturated rings. The van der Waals surface area contributed by atoms with E-state index >= 15 is 0 Å². The summed E-state index contributed by atoms with van der Waals surface area (Å²) in [4.78, 5) is 13.2. The normalized spacial score (nSPS) is 11.0. The summed E-state index contributed by atoms with van der Waals surface area (Å²) in [5, 5.41) is 4.64. The first-order chi connectivity index (χ1) is 10.3. The van der Waals surface area contributed by atoms with Crippen LogP contribution in [0.15, 0.2) is 45.1 Å². The molecule has 0 aliphatic heterocycles. The third-order valence-corrected chi connectivity index (χ3v) is 3.87. The Morgan fingerprint density at radius 1 is 1.24 bits per heavy atom. The Morgan fingerprint density at radius 3 is 2.90 bits per heavy atom. The number of anilines is 1. The van der Waals surface area contributed by atoms with Crippen LogP contribution in [0.3, 0.4) is 0 Å². The number of hydrogen-bond acceptors (Lipinski definition) is 6. The molecular formula is C15H16N4OS. The molecule has 108 valence electrons. The number of fused-ring (bicyclic) bond motifs is 1. The molecule has 0 saturated heterocycles. The number of hydrogen-bond donors (Lipinski definition) is 1. The summed E-state index contributed by atoms with van der Waals surface area (Å²) in [5.41, 5.74) is 2.65.